The number of aliphatic hydroxyl groups is 1. The summed E-state index contributed by atoms with van der Waals surface area (Å²) >= 11 is 0. The molecule has 1 unspecified atom stereocenters. The first-order valence-corrected chi connectivity index (χ1v) is 5.87. The molecule has 4 heteroatoms. The molecule has 2 heterocycles. The standard InChI is InChI=1S/C11H20O4/c12-9-4-5-10(14-7-9)8-15-11-3-1-2-6-13-11/h9-12H,1-8H2/t9-,10+,11?/m1/s1. The second-order valence-electron chi connectivity index (χ2n) is 4.32. The van der Waals surface area contributed by atoms with Gasteiger partial charge in [0.25, 0.3) is 0 Å². The van der Waals surface area contributed by atoms with Crippen molar-refractivity contribution in [1.82, 2.24) is 0 Å². The lowest BCUT2D eigenvalue weighted by molar-refractivity contribution is -0.187. The molecule has 15 heavy (non-hydrogen) atoms. The van der Waals surface area contributed by atoms with E-state index in [9.17, 15) is 5.11 Å². The number of hydrogen-bond acceptors (Lipinski definition) is 4. The molecule has 4 nitrogen and oxygen atoms in total. The highest BCUT2D eigenvalue weighted by molar-refractivity contribution is 4.69. The van der Waals surface area contributed by atoms with Crippen LogP contribution in [0.3, 0.4) is 0 Å². The summed E-state index contributed by atoms with van der Waals surface area (Å²) < 4.78 is 16.5. The van der Waals surface area contributed by atoms with Crippen molar-refractivity contribution in [3.63, 3.8) is 0 Å². The van der Waals surface area contributed by atoms with Gasteiger partial charge in [-0.1, -0.05) is 0 Å². The molecule has 0 saturated carbocycles. The van der Waals surface area contributed by atoms with Gasteiger partial charge in [0.05, 0.1) is 25.4 Å². The Kier molecular flexibility index (Phi) is 4.38. The van der Waals surface area contributed by atoms with Gasteiger partial charge in [-0.05, 0) is 32.1 Å². The van der Waals surface area contributed by atoms with E-state index < -0.39 is 0 Å². The number of ether oxygens (including phenoxy) is 3. The topological polar surface area (TPSA) is 47.9 Å². The van der Waals surface area contributed by atoms with Crippen LogP contribution in [0, 0.1) is 0 Å². The maximum absolute atomic E-state index is 9.25. The molecule has 2 fully saturated rings. The van der Waals surface area contributed by atoms with Crippen molar-refractivity contribution in [3.05, 3.63) is 0 Å². The van der Waals surface area contributed by atoms with Crippen molar-refractivity contribution in [1.29, 1.82) is 0 Å². The third kappa shape index (κ3) is 3.72. The van der Waals surface area contributed by atoms with Gasteiger partial charge in [0, 0.05) is 6.61 Å². The molecular weight excluding hydrogens is 196 g/mol. The van der Waals surface area contributed by atoms with Gasteiger partial charge in [0.15, 0.2) is 6.29 Å². The van der Waals surface area contributed by atoms with E-state index in [1.54, 1.807) is 0 Å². The zero-order valence-corrected chi connectivity index (χ0v) is 9.06. The van der Waals surface area contributed by atoms with Gasteiger partial charge >= 0.3 is 0 Å². The van der Waals surface area contributed by atoms with Crippen LogP contribution in [0.25, 0.3) is 0 Å². The summed E-state index contributed by atoms with van der Waals surface area (Å²) in [7, 11) is 0. The van der Waals surface area contributed by atoms with Gasteiger partial charge in [-0.2, -0.15) is 0 Å². The van der Waals surface area contributed by atoms with Crippen molar-refractivity contribution in [2.24, 2.45) is 0 Å². The molecule has 1 N–H and O–H groups in total. The number of hydrogen-bond donors (Lipinski definition) is 1. The van der Waals surface area contributed by atoms with Crippen molar-refractivity contribution >= 4 is 0 Å². The lowest BCUT2D eigenvalue weighted by Crippen LogP contribution is -2.34. The summed E-state index contributed by atoms with van der Waals surface area (Å²) in [4.78, 5) is 0. The minimum absolute atomic E-state index is 0.0331. The van der Waals surface area contributed by atoms with Crippen LogP contribution in [0.5, 0.6) is 0 Å². The normalized spacial score (nSPS) is 37.8. The molecule has 0 amide bonds. The number of rotatable bonds is 3. The fourth-order valence-corrected chi connectivity index (χ4v) is 1.98. The van der Waals surface area contributed by atoms with Crippen LogP contribution in [0.1, 0.15) is 32.1 Å². The zero-order valence-electron chi connectivity index (χ0n) is 9.06. The smallest absolute Gasteiger partial charge is 0.157 e. The van der Waals surface area contributed by atoms with Gasteiger partial charge in [-0.3, -0.25) is 0 Å². The van der Waals surface area contributed by atoms with Crippen molar-refractivity contribution in [3.8, 4) is 0 Å². The summed E-state index contributed by atoms with van der Waals surface area (Å²) in [6.45, 7) is 1.85. The molecule has 2 rings (SSSR count). The maximum Gasteiger partial charge on any atom is 0.157 e. The van der Waals surface area contributed by atoms with Gasteiger partial charge in [0.2, 0.25) is 0 Å². The molecule has 2 aliphatic heterocycles. The molecule has 3 atom stereocenters. The van der Waals surface area contributed by atoms with Gasteiger partial charge in [-0.15, -0.1) is 0 Å². The summed E-state index contributed by atoms with van der Waals surface area (Å²) in [5, 5.41) is 9.25. The van der Waals surface area contributed by atoms with Crippen LogP contribution in [0.2, 0.25) is 0 Å². The van der Waals surface area contributed by atoms with Crippen LogP contribution >= 0.6 is 0 Å². The van der Waals surface area contributed by atoms with Gasteiger partial charge < -0.3 is 19.3 Å². The first-order valence-electron chi connectivity index (χ1n) is 5.87. The van der Waals surface area contributed by atoms with Gasteiger partial charge in [0.1, 0.15) is 0 Å². The fourth-order valence-electron chi connectivity index (χ4n) is 1.98. The van der Waals surface area contributed by atoms with E-state index in [1.807, 2.05) is 0 Å². The van der Waals surface area contributed by atoms with Crippen LogP contribution < -0.4 is 0 Å². The van der Waals surface area contributed by atoms with Crippen molar-refractivity contribution in [2.45, 2.75) is 50.6 Å². The third-order valence-electron chi connectivity index (χ3n) is 2.95. The number of aliphatic hydroxyl groups excluding tert-OH is 1. The van der Waals surface area contributed by atoms with E-state index in [4.69, 9.17) is 14.2 Å². The molecule has 0 aromatic carbocycles. The lowest BCUT2D eigenvalue weighted by atomic mass is 10.1. The Labute approximate surface area is 90.5 Å². The second-order valence-corrected chi connectivity index (χ2v) is 4.32. The molecular formula is C11H20O4. The molecule has 88 valence electrons. The Morgan fingerprint density at radius 2 is 2.07 bits per heavy atom. The highest BCUT2D eigenvalue weighted by Crippen LogP contribution is 2.17. The molecule has 0 aromatic heterocycles. The summed E-state index contributed by atoms with van der Waals surface area (Å²) in [5.74, 6) is 0. The highest BCUT2D eigenvalue weighted by atomic mass is 16.7. The monoisotopic (exact) mass is 216 g/mol. The van der Waals surface area contributed by atoms with E-state index in [0.717, 1.165) is 32.3 Å². The molecule has 0 spiro atoms. The minimum atomic E-state index is -0.285. The van der Waals surface area contributed by atoms with Crippen LogP contribution in [0.4, 0.5) is 0 Å². The first kappa shape index (κ1) is 11.3. The predicted octanol–water partition coefficient (Wildman–Crippen LogP) is 1.07. The van der Waals surface area contributed by atoms with Crippen LogP contribution in [-0.2, 0) is 14.2 Å². The molecule has 2 aliphatic rings. The molecule has 0 aliphatic carbocycles. The largest absolute Gasteiger partial charge is 0.391 e. The van der Waals surface area contributed by atoms with E-state index in [1.165, 1.54) is 6.42 Å². The van der Waals surface area contributed by atoms with Gasteiger partial charge in [-0.25, -0.2) is 0 Å². The molecule has 2 saturated heterocycles. The first-order chi connectivity index (χ1) is 7.34. The zero-order chi connectivity index (χ0) is 10.5. The molecule has 0 bridgehead atoms. The third-order valence-corrected chi connectivity index (χ3v) is 2.95. The quantitative estimate of drug-likeness (QED) is 0.766. The Bertz CT molecular complexity index is 171. The Hall–Kier alpha value is -0.160. The average Bonchev–Trinajstić information content (AvgIpc) is 2.30. The summed E-state index contributed by atoms with van der Waals surface area (Å²) in [5.41, 5.74) is 0. The second kappa shape index (κ2) is 5.80. The average molecular weight is 216 g/mol. The Morgan fingerprint density at radius 1 is 1.13 bits per heavy atom. The van der Waals surface area contributed by atoms with Crippen molar-refractivity contribution < 1.29 is 19.3 Å². The van der Waals surface area contributed by atoms with E-state index in [-0.39, 0.29) is 18.5 Å². The highest BCUT2D eigenvalue weighted by Gasteiger charge is 2.22. The lowest BCUT2D eigenvalue weighted by Gasteiger charge is -2.29. The van der Waals surface area contributed by atoms with Crippen molar-refractivity contribution in [2.75, 3.05) is 19.8 Å². The van der Waals surface area contributed by atoms with Crippen LogP contribution in [-0.4, -0.2) is 43.4 Å². The maximum atomic E-state index is 9.25. The predicted molar refractivity (Wildman–Crippen MR) is 54.5 cm³/mol. The fraction of sp³-hybridized carbons (Fsp3) is 1.00. The Balaban J connectivity index is 1.60. The van der Waals surface area contributed by atoms with E-state index >= 15 is 0 Å². The van der Waals surface area contributed by atoms with E-state index in [2.05, 4.69) is 0 Å². The molecule has 0 radical (unpaired) electrons. The van der Waals surface area contributed by atoms with Crippen LogP contribution in [0.15, 0.2) is 0 Å². The summed E-state index contributed by atoms with van der Waals surface area (Å²) in [6, 6.07) is 0. The van der Waals surface area contributed by atoms with E-state index in [0.29, 0.717) is 13.2 Å². The Morgan fingerprint density at radius 3 is 2.73 bits per heavy atom. The SMILES string of the molecule is O[C@@H]1CC[C@@H](COC2CCCCO2)OC1. The minimum Gasteiger partial charge on any atom is -0.391 e. The molecule has 0 aromatic rings. The summed E-state index contributed by atoms with van der Waals surface area (Å²) in [6.07, 6.45) is 4.85.